The third kappa shape index (κ3) is 2.91. The van der Waals surface area contributed by atoms with E-state index < -0.39 is 0 Å². The van der Waals surface area contributed by atoms with Crippen LogP contribution in [0.25, 0.3) is 55.1 Å². The van der Waals surface area contributed by atoms with Crippen molar-refractivity contribution in [2.24, 2.45) is 0 Å². The van der Waals surface area contributed by atoms with Gasteiger partial charge in [-0.25, -0.2) is 4.98 Å². The van der Waals surface area contributed by atoms with Crippen molar-refractivity contribution >= 4 is 32.6 Å². The molecule has 0 bridgehead atoms. The van der Waals surface area contributed by atoms with Crippen molar-refractivity contribution in [3.05, 3.63) is 103 Å². The fraction of sp³-hybridized carbons (Fsp3) is 0.0690. The molecule has 0 aliphatic rings. The zero-order chi connectivity index (χ0) is 20.8. The van der Waals surface area contributed by atoms with E-state index in [4.69, 9.17) is 4.98 Å². The Hall–Kier alpha value is -3.91. The smallest absolute Gasteiger partial charge is 0.141 e. The van der Waals surface area contributed by atoms with E-state index in [2.05, 4.69) is 109 Å². The van der Waals surface area contributed by atoms with Crippen molar-refractivity contribution in [1.29, 1.82) is 0 Å². The maximum atomic E-state index is 5.01. The molecule has 0 radical (unpaired) electrons. The summed E-state index contributed by atoms with van der Waals surface area (Å²) in [6, 6.07) is 36.8. The van der Waals surface area contributed by atoms with E-state index >= 15 is 0 Å². The molecular formula is C29H22N2. The second-order valence-corrected chi connectivity index (χ2v) is 7.97. The molecule has 0 amide bonds. The van der Waals surface area contributed by atoms with Crippen molar-refractivity contribution in [1.82, 2.24) is 9.55 Å². The highest BCUT2D eigenvalue weighted by atomic mass is 15.1. The molecule has 6 aromatic rings. The number of fused-ring (bicyclic) bond motifs is 4. The summed E-state index contributed by atoms with van der Waals surface area (Å²) in [5.74, 6) is 1.03. The maximum absolute atomic E-state index is 5.01. The molecule has 0 saturated heterocycles. The first-order valence-corrected chi connectivity index (χ1v) is 10.8. The normalized spacial score (nSPS) is 11.5. The molecule has 2 nitrogen and oxygen atoms in total. The number of imidazole rings is 1. The van der Waals surface area contributed by atoms with E-state index in [-0.39, 0.29) is 0 Å². The van der Waals surface area contributed by atoms with Gasteiger partial charge in [-0.1, -0.05) is 84.9 Å². The third-order valence-corrected chi connectivity index (χ3v) is 6.17. The van der Waals surface area contributed by atoms with Gasteiger partial charge in [0.2, 0.25) is 0 Å². The second kappa shape index (κ2) is 7.10. The van der Waals surface area contributed by atoms with Crippen molar-refractivity contribution in [2.45, 2.75) is 13.5 Å². The average molecular weight is 399 g/mol. The first-order valence-electron chi connectivity index (χ1n) is 10.8. The Morgan fingerprint density at radius 2 is 1.32 bits per heavy atom. The van der Waals surface area contributed by atoms with Gasteiger partial charge in [0.1, 0.15) is 5.82 Å². The molecule has 5 aromatic carbocycles. The maximum Gasteiger partial charge on any atom is 0.141 e. The summed E-state index contributed by atoms with van der Waals surface area (Å²) in [5, 5.41) is 5.14. The molecule has 0 atom stereocenters. The molecule has 0 saturated carbocycles. The predicted octanol–water partition coefficient (Wildman–Crippen LogP) is 7.70. The van der Waals surface area contributed by atoms with E-state index in [1.54, 1.807) is 0 Å². The first kappa shape index (κ1) is 17.9. The van der Waals surface area contributed by atoms with Gasteiger partial charge in [-0.05, 0) is 57.8 Å². The number of aryl methyl sites for hydroxylation is 1. The van der Waals surface area contributed by atoms with Crippen molar-refractivity contribution < 1.29 is 0 Å². The van der Waals surface area contributed by atoms with Crippen LogP contribution in [0.1, 0.15) is 6.92 Å². The lowest BCUT2D eigenvalue weighted by Crippen LogP contribution is -1.97. The quantitative estimate of drug-likeness (QED) is 0.279. The number of hydrogen-bond donors (Lipinski definition) is 0. The number of aromatic nitrogens is 2. The minimum atomic E-state index is 0.892. The monoisotopic (exact) mass is 398 g/mol. The molecule has 0 spiro atoms. The molecule has 148 valence electrons. The first-order chi connectivity index (χ1) is 15.3. The van der Waals surface area contributed by atoms with Crippen LogP contribution in [-0.4, -0.2) is 9.55 Å². The van der Waals surface area contributed by atoms with Crippen LogP contribution in [0.4, 0.5) is 0 Å². The number of hydrogen-bond acceptors (Lipinski definition) is 1. The summed E-state index contributed by atoms with van der Waals surface area (Å²) < 4.78 is 2.29. The molecule has 0 unspecified atom stereocenters. The van der Waals surface area contributed by atoms with Crippen molar-refractivity contribution in [3.63, 3.8) is 0 Å². The van der Waals surface area contributed by atoms with Gasteiger partial charge >= 0.3 is 0 Å². The summed E-state index contributed by atoms with van der Waals surface area (Å²) in [6.07, 6.45) is 0. The van der Waals surface area contributed by atoms with Gasteiger partial charge < -0.3 is 4.57 Å². The van der Waals surface area contributed by atoms with Gasteiger partial charge in [-0.15, -0.1) is 0 Å². The van der Waals surface area contributed by atoms with Gasteiger partial charge in [0.25, 0.3) is 0 Å². The SMILES string of the molecule is CCn1c(-c2ccccc2)nc2cc(-c3ccc4c(ccc5ccccc54)c3)ccc21. The fourth-order valence-corrected chi connectivity index (χ4v) is 4.63. The van der Waals surface area contributed by atoms with Gasteiger partial charge in [0.05, 0.1) is 11.0 Å². The lowest BCUT2D eigenvalue weighted by atomic mass is 9.97. The zero-order valence-electron chi connectivity index (χ0n) is 17.4. The lowest BCUT2D eigenvalue weighted by Gasteiger charge is -2.08. The summed E-state index contributed by atoms with van der Waals surface area (Å²) in [7, 11) is 0. The molecule has 0 aliphatic carbocycles. The highest BCUT2D eigenvalue weighted by molar-refractivity contribution is 6.08. The van der Waals surface area contributed by atoms with Crippen LogP contribution >= 0.6 is 0 Å². The van der Waals surface area contributed by atoms with Crippen LogP contribution in [0.3, 0.4) is 0 Å². The topological polar surface area (TPSA) is 17.8 Å². The van der Waals surface area contributed by atoms with Crippen LogP contribution < -0.4 is 0 Å². The van der Waals surface area contributed by atoms with Gasteiger partial charge in [-0.3, -0.25) is 0 Å². The molecule has 1 aromatic heterocycles. The van der Waals surface area contributed by atoms with Gasteiger partial charge in [0, 0.05) is 12.1 Å². The van der Waals surface area contributed by atoms with Crippen molar-refractivity contribution in [2.75, 3.05) is 0 Å². The molecule has 1 heterocycles. The van der Waals surface area contributed by atoms with Crippen LogP contribution in [0.5, 0.6) is 0 Å². The standard InChI is InChI=1S/C29H22N2/c1-2-31-28-17-15-23(19-27(28)30-29(31)21-9-4-3-5-10-21)22-14-16-26-24(18-22)13-12-20-8-6-7-11-25(20)26/h3-19H,2H2,1H3. The highest BCUT2D eigenvalue weighted by Crippen LogP contribution is 2.32. The minimum absolute atomic E-state index is 0.892. The Kier molecular flexibility index (Phi) is 4.10. The highest BCUT2D eigenvalue weighted by Gasteiger charge is 2.12. The Labute approximate surface area is 181 Å². The average Bonchev–Trinajstić information content (AvgIpc) is 3.22. The summed E-state index contributed by atoms with van der Waals surface area (Å²) >= 11 is 0. The zero-order valence-corrected chi connectivity index (χ0v) is 17.4. The molecule has 0 aliphatic heterocycles. The fourth-order valence-electron chi connectivity index (χ4n) is 4.63. The van der Waals surface area contributed by atoms with Crippen LogP contribution in [0, 0.1) is 0 Å². The molecular weight excluding hydrogens is 376 g/mol. The van der Waals surface area contributed by atoms with E-state index in [1.807, 2.05) is 6.07 Å². The van der Waals surface area contributed by atoms with E-state index in [0.717, 1.165) is 23.4 Å². The molecule has 0 N–H and O–H groups in total. The minimum Gasteiger partial charge on any atom is -0.324 e. The number of rotatable bonds is 3. The third-order valence-electron chi connectivity index (χ3n) is 6.17. The van der Waals surface area contributed by atoms with Gasteiger partial charge in [0.15, 0.2) is 0 Å². The number of nitrogens with zero attached hydrogens (tertiary/aromatic N) is 2. The second-order valence-electron chi connectivity index (χ2n) is 7.97. The van der Waals surface area contributed by atoms with Crippen LogP contribution in [0.2, 0.25) is 0 Å². The Bertz CT molecular complexity index is 1560. The lowest BCUT2D eigenvalue weighted by molar-refractivity contribution is 0.796. The molecule has 0 fully saturated rings. The van der Waals surface area contributed by atoms with Gasteiger partial charge in [-0.2, -0.15) is 0 Å². The molecule has 6 rings (SSSR count). The van der Waals surface area contributed by atoms with E-state index in [1.165, 1.54) is 38.2 Å². The van der Waals surface area contributed by atoms with Crippen LogP contribution in [0.15, 0.2) is 103 Å². The summed E-state index contributed by atoms with van der Waals surface area (Å²) in [4.78, 5) is 5.01. The molecule has 31 heavy (non-hydrogen) atoms. The molecule has 2 heteroatoms. The largest absolute Gasteiger partial charge is 0.324 e. The van der Waals surface area contributed by atoms with Crippen LogP contribution in [-0.2, 0) is 6.54 Å². The summed E-state index contributed by atoms with van der Waals surface area (Å²) in [5.41, 5.74) is 5.79. The Morgan fingerprint density at radius 3 is 2.19 bits per heavy atom. The van der Waals surface area contributed by atoms with E-state index in [0.29, 0.717) is 0 Å². The Morgan fingerprint density at radius 1 is 0.613 bits per heavy atom. The number of benzene rings is 5. The van der Waals surface area contributed by atoms with E-state index in [9.17, 15) is 0 Å². The summed E-state index contributed by atoms with van der Waals surface area (Å²) in [6.45, 7) is 3.07. The predicted molar refractivity (Wildman–Crippen MR) is 131 cm³/mol. The Balaban J connectivity index is 1.50. The van der Waals surface area contributed by atoms with Crippen molar-refractivity contribution in [3.8, 4) is 22.5 Å².